The van der Waals surface area contributed by atoms with Crippen molar-refractivity contribution in [1.29, 1.82) is 10.3 Å². The summed E-state index contributed by atoms with van der Waals surface area (Å²) in [6.07, 6.45) is 1.22. The topological polar surface area (TPSA) is 100 Å². The first-order valence-electron chi connectivity index (χ1n) is 9.98. The Morgan fingerprint density at radius 3 is 1.96 bits per heavy atom. The molecule has 0 amide bonds. The van der Waals surface area contributed by atoms with Gasteiger partial charge < -0.3 is 0 Å². The zero-order chi connectivity index (χ0) is 20.1. The van der Waals surface area contributed by atoms with Crippen molar-refractivity contribution >= 4 is 16.3 Å². The second kappa shape index (κ2) is 10.6. The van der Waals surface area contributed by atoms with Crippen LogP contribution in [0.4, 0.5) is 0 Å². The molecule has 0 bridgehead atoms. The van der Waals surface area contributed by atoms with Gasteiger partial charge in [0.25, 0.3) is 0 Å². The van der Waals surface area contributed by atoms with E-state index >= 15 is 0 Å². The average molecular weight is 416 g/mol. The van der Waals surface area contributed by atoms with Gasteiger partial charge in [0.05, 0.1) is 0 Å². The summed E-state index contributed by atoms with van der Waals surface area (Å²) >= 11 is 0. The molecule has 2 saturated heterocycles. The summed E-state index contributed by atoms with van der Waals surface area (Å²) in [5, 5.41) is 15.0. The van der Waals surface area contributed by atoms with Crippen molar-refractivity contribution in [2.45, 2.75) is 97.2 Å². The van der Waals surface area contributed by atoms with E-state index in [0.29, 0.717) is 5.92 Å². The van der Waals surface area contributed by atoms with E-state index in [9.17, 15) is 0 Å². The van der Waals surface area contributed by atoms with Crippen molar-refractivity contribution in [2.75, 3.05) is 0 Å². The molecule has 9 heteroatoms. The average Bonchev–Trinajstić information content (AvgIpc) is 2.66. The molecule has 0 aromatic carbocycles. The van der Waals surface area contributed by atoms with E-state index in [1.54, 1.807) is 0 Å². The van der Waals surface area contributed by atoms with Crippen LogP contribution in [0.2, 0.25) is 0 Å². The monoisotopic (exact) mass is 416 g/mol. The molecule has 10 atom stereocenters. The van der Waals surface area contributed by atoms with Crippen LogP contribution in [-0.4, -0.2) is 42.8 Å². The summed E-state index contributed by atoms with van der Waals surface area (Å²) in [4.78, 5) is 0. The van der Waals surface area contributed by atoms with E-state index in [0.717, 1.165) is 12.8 Å². The van der Waals surface area contributed by atoms with Crippen LogP contribution >= 0.6 is 16.3 Å². The molecule has 2 rings (SSSR count). The molecular formula is C18H34N4O3P2+2. The van der Waals surface area contributed by atoms with Crippen LogP contribution < -0.4 is 0 Å². The number of ether oxygens (including phenoxy) is 3. The van der Waals surface area contributed by atoms with E-state index in [4.69, 9.17) is 24.5 Å². The fraction of sp³-hybridized carbons (Fsp3) is 1.00. The quantitative estimate of drug-likeness (QED) is 0.509. The molecule has 27 heavy (non-hydrogen) atoms. The van der Waals surface area contributed by atoms with Crippen LogP contribution in [0, 0.1) is 28.1 Å². The minimum absolute atomic E-state index is 0.0236. The van der Waals surface area contributed by atoms with Crippen molar-refractivity contribution in [3.8, 4) is 0 Å². The molecule has 5 unspecified atom stereocenters. The first-order chi connectivity index (χ1) is 12.9. The Balaban J connectivity index is 2.28. The van der Waals surface area contributed by atoms with Crippen molar-refractivity contribution in [1.82, 2.24) is 0 Å². The van der Waals surface area contributed by atoms with Crippen LogP contribution in [-0.2, 0) is 14.2 Å². The number of nitrogens with one attached hydrogen (secondary N) is 2. The molecule has 0 radical (unpaired) electrons. The molecule has 7 nitrogen and oxygen atoms in total. The fourth-order valence-corrected chi connectivity index (χ4v) is 5.42. The fourth-order valence-electron chi connectivity index (χ4n) is 4.44. The minimum atomic E-state index is -0.466. The SMILES string of the molecule is CCC1O[C@H](O[C@H]2C(CC)O[C@@H](C)C(N=[P+]=N)[C@H]2C)C(N=[P+]=N)C(C)[C@@H]1C. The van der Waals surface area contributed by atoms with Gasteiger partial charge in [-0.2, -0.15) is 0 Å². The van der Waals surface area contributed by atoms with Gasteiger partial charge in [-0.1, -0.05) is 0 Å². The molecule has 2 N–H and O–H groups in total. The Kier molecular flexibility index (Phi) is 9.15. The van der Waals surface area contributed by atoms with Crippen molar-refractivity contribution in [3.05, 3.63) is 0 Å². The van der Waals surface area contributed by atoms with Gasteiger partial charge in [0.2, 0.25) is 0 Å². The summed E-state index contributed by atoms with van der Waals surface area (Å²) in [6.45, 7) is 12.8. The zero-order valence-electron chi connectivity index (χ0n) is 17.2. The summed E-state index contributed by atoms with van der Waals surface area (Å²) in [6, 6.07) is -0.223. The third kappa shape index (κ3) is 5.11. The molecule has 0 aromatic heterocycles. The van der Waals surface area contributed by atoms with Crippen LogP contribution in [0.1, 0.15) is 54.4 Å². The first kappa shape index (κ1) is 23.2. The Morgan fingerprint density at radius 2 is 1.41 bits per heavy atom. The molecule has 0 aliphatic carbocycles. The molecule has 0 saturated carbocycles. The van der Waals surface area contributed by atoms with Crippen LogP contribution in [0.15, 0.2) is 9.49 Å². The number of hydrogen-bond acceptors (Lipinski definition) is 7. The molecule has 2 aliphatic heterocycles. The van der Waals surface area contributed by atoms with E-state index in [2.05, 4.69) is 44.1 Å². The van der Waals surface area contributed by atoms with Crippen molar-refractivity contribution < 1.29 is 14.2 Å². The summed E-state index contributed by atoms with van der Waals surface area (Å²) < 4.78 is 27.9. The van der Waals surface area contributed by atoms with Gasteiger partial charge in [-0.25, -0.2) is 0 Å². The number of rotatable bonds is 6. The molecule has 2 heterocycles. The van der Waals surface area contributed by atoms with Gasteiger partial charge in [-0.15, -0.1) is 0 Å². The van der Waals surface area contributed by atoms with Gasteiger partial charge in [-0.3, -0.25) is 0 Å². The van der Waals surface area contributed by atoms with Crippen molar-refractivity contribution in [3.63, 3.8) is 0 Å². The predicted octanol–water partition coefficient (Wildman–Crippen LogP) is 6.13. The predicted molar refractivity (Wildman–Crippen MR) is 108 cm³/mol. The second-order valence-electron chi connectivity index (χ2n) is 7.83. The standard InChI is InChI=1S/C18H34N4O3P2/c1-7-13-9(3)10(4)16(22-27-20)18(24-13)25-17-11(5)15(21-26-19)12(6)23-14(17)8-2/h9-20H,7-8H2,1-6H3/q+2/t9-,10?,11+,12-,13?,14?,15?,16?,17+,18+/m0/s1. The Morgan fingerprint density at radius 1 is 0.815 bits per heavy atom. The molecule has 0 spiro atoms. The molecule has 0 aromatic rings. The van der Waals surface area contributed by atoms with Crippen LogP contribution in [0.5, 0.6) is 0 Å². The Bertz CT molecular complexity index is 597. The van der Waals surface area contributed by atoms with Crippen LogP contribution in [0.3, 0.4) is 0 Å². The first-order valence-corrected chi connectivity index (χ1v) is 11.7. The van der Waals surface area contributed by atoms with E-state index in [1.165, 1.54) is 0 Å². The van der Waals surface area contributed by atoms with E-state index in [-0.39, 0.29) is 64.7 Å². The normalized spacial score (nSPS) is 45.1. The second-order valence-corrected chi connectivity index (χ2v) is 8.69. The van der Waals surface area contributed by atoms with E-state index in [1.807, 2.05) is 6.92 Å². The summed E-state index contributed by atoms with van der Waals surface area (Å²) in [5.74, 6) is 0.791. The van der Waals surface area contributed by atoms with E-state index < -0.39 is 6.29 Å². The third-order valence-corrected chi connectivity index (χ3v) is 7.08. The van der Waals surface area contributed by atoms with Gasteiger partial charge >= 0.3 is 165 Å². The van der Waals surface area contributed by atoms with Gasteiger partial charge in [0.1, 0.15) is 0 Å². The maximum absolute atomic E-state index is 7.56. The Hall–Kier alpha value is -0.0600. The number of hydrogen-bond donors (Lipinski definition) is 2. The van der Waals surface area contributed by atoms with Gasteiger partial charge in [-0.05, 0) is 0 Å². The van der Waals surface area contributed by atoms with Gasteiger partial charge in [0.15, 0.2) is 0 Å². The molecule has 2 aliphatic rings. The molecule has 2 fully saturated rings. The van der Waals surface area contributed by atoms with Gasteiger partial charge in [0, 0.05) is 0 Å². The Labute approximate surface area is 165 Å². The third-order valence-electron chi connectivity index (χ3n) is 6.31. The summed E-state index contributed by atoms with van der Waals surface area (Å²) in [5.41, 5.74) is 0. The summed E-state index contributed by atoms with van der Waals surface area (Å²) in [7, 11) is 0.533. The number of nitrogens with zero attached hydrogens (tertiary/aromatic N) is 2. The molecule has 152 valence electrons. The molecular weight excluding hydrogens is 382 g/mol. The maximum atomic E-state index is 7.56. The van der Waals surface area contributed by atoms with Crippen molar-refractivity contribution in [2.24, 2.45) is 27.2 Å². The zero-order valence-corrected chi connectivity index (χ0v) is 19.0. The van der Waals surface area contributed by atoms with Crippen LogP contribution in [0.25, 0.3) is 0 Å².